The van der Waals surface area contributed by atoms with Gasteiger partial charge in [0.25, 0.3) is 5.91 Å². The first kappa shape index (κ1) is 18.1. The third-order valence-corrected chi connectivity index (χ3v) is 6.94. The summed E-state index contributed by atoms with van der Waals surface area (Å²) in [4.78, 5) is 18.1. The van der Waals surface area contributed by atoms with Gasteiger partial charge in [0.15, 0.2) is 5.82 Å². The van der Waals surface area contributed by atoms with Crippen LogP contribution in [0.15, 0.2) is 60.8 Å². The first-order valence-electron chi connectivity index (χ1n) is 9.90. The van der Waals surface area contributed by atoms with Crippen LogP contribution in [0.25, 0.3) is 6.08 Å². The molecule has 0 bridgehead atoms. The molecule has 1 unspecified atom stereocenters. The molecule has 3 aromatic rings. The summed E-state index contributed by atoms with van der Waals surface area (Å²) in [5, 5.41) is 8.17. The van der Waals surface area contributed by atoms with Gasteiger partial charge in [0.2, 0.25) is 0 Å². The van der Waals surface area contributed by atoms with Crippen LogP contribution in [0.3, 0.4) is 0 Å². The number of allylic oxidation sites excluding steroid dienone is 2. The lowest BCUT2D eigenvalue weighted by molar-refractivity contribution is 0.0950. The van der Waals surface area contributed by atoms with Gasteiger partial charge in [0, 0.05) is 29.1 Å². The number of fused-ring (bicyclic) bond motifs is 1. The first-order chi connectivity index (χ1) is 14.2. The Balaban J connectivity index is 1.65. The number of benzene rings is 1. The van der Waals surface area contributed by atoms with Crippen LogP contribution in [-0.4, -0.2) is 26.7 Å². The molecular formula is C23H22N4OS. The molecule has 1 atom stereocenters. The Labute approximate surface area is 173 Å². The van der Waals surface area contributed by atoms with Gasteiger partial charge in [-0.2, -0.15) is 4.68 Å². The summed E-state index contributed by atoms with van der Waals surface area (Å²) < 4.78 is 1.52. The van der Waals surface area contributed by atoms with E-state index in [9.17, 15) is 4.79 Å². The molecule has 1 aromatic carbocycles. The van der Waals surface area contributed by atoms with Gasteiger partial charge in [0.05, 0.1) is 16.6 Å². The van der Waals surface area contributed by atoms with Gasteiger partial charge >= 0.3 is 0 Å². The number of nitrogens with one attached hydrogen (secondary N) is 1. The smallest absolute Gasteiger partial charge is 0.270 e. The third kappa shape index (κ3) is 2.95. The number of anilines is 1. The molecule has 0 aliphatic heterocycles. The summed E-state index contributed by atoms with van der Waals surface area (Å²) in [5.41, 5.74) is 4.58. The van der Waals surface area contributed by atoms with E-state index < -0.39 is 0 Å². The Kier molecular flexibility index (Phi) is 4.43. The van der Waals surface area contributed by atoms with E-state index in [2.05, 4.69) is 58.4 Å². The molecule has 2 heterocycles. The molecule has 5 nitrogen and oxygen atoms in total. The monoisotopic (exact) mass is 402 g/mol. The second-order valence-electron chi connectivity index (χ2n) is 7.65. The van der Waals surface area contributed by atoms with Crippen molar-refractivity contribution in [2.45, 2.75) is 37.1 Å². The quantitative estimate of drug-likeness (QED) is 0.629. The van der Waals surface area contributed by atoms with Crippen molar-refractivity contribution in [2.24, 2.45) is 0 Å². The number of thiazole rings is 1. The fraction of sp³-hybridized carbons (Fsp3) is 0.261. The number of carbonyl (C=O) groups excluding carboxylic acids is 1. The summed E-state index contributed by atoms with van der Waals surface area (Å²) in [6, 6.07) is 10.8. The zero-order chi connectivity index (χ0) is 19.8. The second-order valence-corrected chi connectivity index (χ2v) is 8.53. The van der Waals surface area contributed by atoms with Crippen LogP contribution in [0.5, 0.6) is 0 Å². The van der Waals surface area contributed by atoms with Gasteiger partial charge in [0.1, 0.15) is 0 Å². The van der Waals surface area contributed by atoms with Crippen molar-refractivity contribution in [2.75, 3.05) is 5.32 Å². The van der Waals surface area contributed by atoms with Gasteiger partial charge in [-0.25, -0.2) is 0 Å². The normalized spacial score (nSPS) is 20.7. The number of hydrogen-bond donors (Lipinski definition) is 1. The molecule has 2 aliphatic carbocycles. The summed E-state index contributed by atoms with van der Waals surface area (Å²) in [5.74, 6) is 0.589. The highest BCUT2D eigenvalue weighted by atomic mass is 32.1. The van der Waals surface area contributed by atoms with E-state index in [0.717, 1.165) is 34.8 Å². The highest BCUT2D eigenvalue weighted by Crippen LogP contribution is 2.44. The van der Waals surface area contributed by atoms with E-state index in [1.54, 1.807) is 11.3 Å². The standard InChI is InChI=1S/C23H22N4OS/c1-2-21(28)27-19-13-23(20-14-24-15-29-20,16-7-4-3-5-8-16)12-11-18(19)22(26-27)25-17-9-6-10-17/h2-5,7-8,11-12,14-15,17H,1,6,9-10,13H2,(H,25,26). The van der Waals surface area contributed by atoms with Crippen LogP contribution >= 0.6 is 11.3 Å². The van der Waals surface area contributed by atoms with Crippen LogP contribution in [0.4, 0.5) is 5.82 Å². The van der Waals surface area contributed by atoms with Gasteiger partial charge in [-0.15, -0.1) is 16.4 Å². The molecule has 1 fully saturated rings. The van der Waals surface area contributed by atoms with Crippen molar-refractivity contribution < 1.29 is 4.79 Å². The van der Waals surface area contributed by atoms with Crippen LogP contribution < -0.4 is 5.32 Å². The lowest BCUT2D eigenvalue weighted by Gasteiger charge is -2.33. The maximum absolute atomic E-state index is 12.6. The summed E-state index contributed by atoms with van der Waals surface area (Å²) >= 11 is 1.64. The Bertz CT molecular complexity index is 1080. The molecule has 2 aromatic heterocycles. The fourth-order valence-corrected chi connectivity index (χ4v) is 4.99. The average Bonchev–Trinajstić information content (AvgIpc) is 3.39. The molecule has 29 heavy (non-hydrogen) atoms. The first-order valence-corrected chi connectivity index (χ1v) is 10.8. The molecule has 2 aliphatic rings. The molecule has 5 rings (SSSR count). The van der Waals surface area contributed by atoms with Crippen molar-refractivity contribution in [1.29, 1.82) is 0 Å². The maximum atomic E-state index is 12.6. The van der Waals surface area contributed by atoms with Gasteiger partial charge in [-0.1, -0.05) is 49.1 Å². The van der Waals surface area contributed by atoms with Gasteiger partial charge in [-0.3, -0.25) is 9.78 Å². The Morgan fingerprint density at radius 3 is 2.79 bits per heavy atom. The topological polar surface area (TPSA) is 59.8 Å². The molecule has 6 heteroatoms. The average molecular weight is 403 g/mol. The number of aromatic nitrogens is 3. The predicted molar refractivity (Wildman–Crippen MR) is 116 cm³/mol. The van der Waals surface area contributed by atoms with Gasteiger partial charge in [-0.05, 0) is 30.9 Å². The maximum Gasteiger partial charge on any atom is 0.270 e. The predicted octanol–water partition coefficient (Wildman–Crippen LogP) is 4.69. The number of nitrogens with zero attached hydrogens (tertiary/aromatic N) is 3. The highest BCUT2D eigenvalue weighted by Gasteiger charge is 2.39. The molecule has 1 N–H and O–H groups in total. The molecule has 0 amide bonds. The van der Waals surface area contributed by atoms with Crippen molar-refractivity contribution in [3.05, 3.63) is 82.5 Å². The van der Waals surface area contributed by atoms with Crippen molar-refractivity contribution >= 4 is 29.1 Å². The largest absolute Gasteiger partial charge is 0.365 e. The minimum absolute atomic E-state index is 0.204. The zero-order valence-corrected chi connectivity index (χ0v) is 16.9. The van der Waals surface area contributed by atoms with E-state index >= 15 is 0 Å². The minimum atomic E-state index is -0.373. The van der Waals surface area contributed by atoms with E-state index in [0.29, 0.717) is 12.5 Å². The van der Waals surface area contributed by atoms with Crippen LogP contribution in [0.2, 0.25) is 0 Å². The minimum Gasteiger partial charge on any atom is -0.365 e. The molecule has 0 spiro atoms. The number of carbonyl (C=O) groups is 1. The van der Waals surface area contributed by atoms with Crippen LogP contribution in [0, 0.1) is 0 Å². The second kappa shape index (κ2) is 7.12. The third-order valence-electron chi connectivity index (χ3n) is 5.99. The van der Waals surface area contributed by atoms with E-state index in [-0.39, 0.29) is 11.3 Å². The summed E-state index contributed by atoms with van der Waals surface area (Å²) in [7, 11) is 0. The lowest BCUT2D eigenvalue weighted by Crippen LogP contribution is -2.31. The summed E-state index contributed by atoms with van der Waals surface area (Å²) in [6.07, 6.45) is 11.8. The van der Waals surface area contributed by atoms with Crippen molar-refractivity contribution in [3.8, 4) is 0 Å². The molecule has 0 radical (unpaired) electrons. The van der Waals surface area contributed by atoms with Crippen LogP contribution in [0.1, 0.15) is 45.8 Å². The van der Waals surface area contributed by atoms with E-state index in [1.165, 1.54) is 22.7 Å². The number of hydrogen-bond acceptors (Lipinski definition) is 5. The van der Waals surface area contributed by atoms with Crippen LogP contribution in [-0.2, 0) is 11.8 Å². The molecular weight excluding hydrogens is 380 g/mol. The Hall–Kier alpha value is -2.99. The zero-order valence-electron chi connectivity index (χ0n) is 16.0. The molecule has 0 saturated heterocycles. The Morgan fingerprint density at radius 2 is 2.14 bits per heavy atom. The molecule has 1 saturated carbocycles. The molecule has 146 valence electrons. The van der Waals surface area contributed by atoms with Crippen molar-refractivity contribution in [1.82, 2.24) is 14.8 Å². The van der Waals surface area contributed by atoms with Gasteiger partial charge < -0.3 is 5.32 Å². The summed E-state index contributed by atoms with van der Waals surface area (Å²) in [6.45, 7) is 3.67. The Morgan fingerprint density at radius 1 is 1.31 bits per heavy atom. The fourth-order valence-electron chi connectivity index (χ4n) is 4.16. The SMILES string of the molecule is C=CC(=O)n1nc(NC2CCC2)c2c1CC(c1ccccc1)(c1cncs1)C=C2. The van der Waals surface area contributed by atoms with Crippen molar-refractivity contribution in [3.63, 3.8) is 0 Å². The lowest BCUT2D eigenvalue weighted by atomic mass is 9.72. The van der Waals surface area contributed by atoms with E-state index in [4.69, 9.17) is 0 Å². The van der Waals surface area contributed by atoms with E-state index in [1.807, 2.05) is 17.8 Å². The number of rotatable bonds is 5. The highest BCUT2D eigenvalue weighted by molar-refractivity contribution is 7.09.